The third-order valence-corrected chi connectivity index (χ3v) is 2.33. The molecule has 0 aliphatic heterocycles. The van der Waals surface area contributed by atoms with E-state index >= 15 is 0 Å². The van der Waals surface area contributed by atoms with Crippen molar-refractivity contribution in [3.05, 3.63) is 41.6 Å². The van der Waals surface area contributed by atoms with Gasteiger partial charge in [-0.15, -0.1) is 0 Å². The van der Waals surface area contributed by atoms with Gasteiger partial charge in [-0.2, -0.15) is 13.2 Å². The van der Waals surface area contributed by atoms with Crippen molar-refractivity contribution in [1.29, 1.82) is 0 Å². The lowest BCUT2D eigenvalue weighted by molar-refractivity contribution is -0.137. The van der Waals surface area contributed by atoms with Crippen LogP contribution in [-0.4, -0.2) is 10.1 Å². The highest BCUT2D eigenvalue weighted by atomic mass is 19.4. The van der Waals surface area contributed by atoms with Crippen molar-refractivity contribution >= 4 is 10.9 Å². The van der Waals surface area contributed by atoms with Crippen molar-refractivity contribution in [2.45, 2.75) is 12.8 Å². The predicted molar refractivity (Wildman–Crippen MR) is 52.7 cm³/mol. The molecule has 0 fully saturated rings. The quantitative estimate of drug-likeness (QED) is 0.812. The van der Waals surface area contributed by atoms with Gasteiger partial charge in [0.2, 0.25) is 0 Å². The second-order valence-corrected chi connectivity index (χ2v) is 3.36. The van der Waals surface area contributed by atoms with Crippen molar-refractivity contribution in [2.24, 2.45) is 0 Å². The number of aliphatic hydroxyl groups excluding tert-OH is 1. The topological polar surface area (TPSA) is 33.1 Å². The first-order valence-corrected chi connectivity index (χ1v) is 4.58. The maximum Gasteiger partial charge on any atom is 0.416 e. The third kappa shape index (κ3) is 1.86. The molecular formula is C11H8F3NO. The molecule has 0 aliphatic carbocycles. The Balaban J connectivity index is 2.64. The molecule has 2 aromatic rings. The van der Waals surface area contributed by atoms with Crippen molar-refractivity contribution in [3.63, 3.8) is 0 Å². The molecule has 1 N–H and O–H groups in total. The number of hydrogen-bond donors (Lipinski definition) is 1. The first kappa shape index (κ1) is 10.9. The van der Waals surface area contributed by atoms with Gasteiger partial charge in [-0.25, -0.2) is 0 Å². The molecule has 0 bridgehead atoms. The minimum Gasteiger partial charge on any atom is -0.392 e. The molecular weight excluding hydrogens is 219 g/mol. The first-order chi connectivity index (χ1) is 7.52. The number of fused-ring (bicyclic) bond motifs is 1. The van der Waals surface area contributed by atoms with Gasteiger partial charge in [0, 0.05) is 11.6 Å². The van der Waals surface area contributed by atoms with Gasteiger partial charge in [-0.05, 0) is 23.8 Å². The van der Waals surface area contributed by atoms with E-state index in [4.69, 9.17) is 5.11 Å². The summed E-state index contributed by atoms with van der Waals surface area (Å²) in [5.41, 5.74) is 0.0719. The van der Waals surface area contributed by atoms with E-state index in [1.54, 1.807) is 6.07 Å². The van der Waals surface area contributed by atoms with Crippen molar-refractivity contribution in [1.82, 2.24) is 4.98 Å². The molecule has 0 amide bonds. The molecule has 0 atom stereocenters. The Morgan fingerprint density at radius 3 is 2.56 bits per heavy atom. The highest BCUT2D eigenvalue weighted by Gasteiger charge is 2.30. The smallest absolute Gasteiger partial charge is 0.392 e. The second-order valence-electron chi connectivity index (χ2n) is 3.36. The molecule has 5 heteroatoms. The summed E-state index contributed by atoms with van der Waals surface area (Å²) < 4.78 is 37.3. The summed E-state index contributed by atoms with van der Waals surface area (Å²) in [4.78, 5) is 3.85. The van der Waals surface area contributed by atoms with E-state index in [2.05, 4.69) is 4.98 Å². The molecule has 0 spiro atoms. The number of nitrogens with zero attached hydrogens (tertiary/aromatic N) is 1. The number of hydrogen-bond acceptors (Lipinski definition) is 2. The lowest BCUT2D eigenvalue weighted by Crippen LogP contribution is -2.04. The highest BCUT2D eigenvalue weighted by molar-refractivity contribution is 5.82. The van der Waals surface area contributed by atoms with Crippen LogP contribution in [0.25, 0.3) is 10.9 Å². The van der Waals surface area contributed by atoms with Gasteiger partial charge in [0.05, 0.1) is 17.7 Å². The van der Waals surface area contributed by atoms with E-state index in [-0.39, 0.29) is 12.1 Å². The van der Waals surface area contributed by atoms with Gasteiger partial charge < -0.3 is 5.11 Å². The fourth-order valence-corrected chi connectivity index (χ4v) is 1.52. The molecule has 0 radical (unpaired) electrons. The minimum atomic E-state index is -4.37. The van der Waals surface area contributed by atoms with Crippen LogP contribution >= 0.6 is 0 Å². The molecule has 2 nitrogen and oxygen atoms in total. The second kappa shape index (κ2) is 3.75. The number of aliphatic hydroxyl groups is 1. The van der Waals surface area contributed by atoms with Crippen molar-refractivity contribution < 1.29 is 18.3 Å². The van der Waals surface area contributed by atoms with Crippen LogP contribution in [0.4, 0.5) is 13.2 Å². The average Bonchev–Trinajstić information content (AvgIpc) is 2.26. The normalized spacial score (nSPS) is 12.0. The standard InChI is InChI=1S/C11H8F3NO/c12-11(13,14)8-1-2-9-7(6-16)3-4-15-10(9)5-8/h1-5,16H,6H2. The van der Waals surface area contributed by atoms with Gasteiger partial charge >= 0.3 is 6.18 Å². The summed E-state index contributed by atoms with van der Waals surface area (Å²) in [6.45, 7) is -0.218. The zero-order chi connectivity index (χ0) is 11.8. The van der Waals surface area contributed by atoms with Crippen molar-refractivity contribution in [3.8, 4) is 0 Å². The lowest BCUT2D eigenvalue weighted by atomic mass is 10.1. The van der Waals surface area contributed by atoms with E-state index in [0.717, 1.165) is 12.1 Å². The Kier molecular flexibility index (Phi) is 2.55. The molecule has 0 saturated carbocycles. The zero-order valence-electron chi connectivity index (χ0n) is 8.12. The molecule has 0 saturated heterocycles. The molecule has 16 heavy (non-hydrogen) atoms. The van der Waals surface area contributed by atoms with Crippen LogP contribution in [0.15, 0.2) is 30.5 Å². The monoisotopic (exact) mass is 227 g/mol. The van der Waals surface area contributed by atoms with Crippen LogP contribution < -0.4 is 0 Å². The molecule has 1 aromatic heterocycles. The fraction of sp³-hybridized carbons (Fsp3) is 0.182. The number of rotatable bonds is 1. The van der Waals surface area contributed by atoms with Crippen LogP contribution in [0.1, 0.15) is 11.1 Å². The molecule has 1 heterocycles. The lowest BCUT2D eigenvalue weighted by Gasteiger charge is -2.08. The largest absolute Gasteiger partial charge is 0.416 e. The van der Waals surface area contributed by atoms with E-state index in [1.165, 1.54) is 12.3 Å². The van der Waals surface area contributed by atoms with Crippen LogP contribution in [0, 0.1) is 0 Å². The Labute approximate surface area is 89.4 Å². The van der Waals surface area contributed by atoms with Gasteiger partial charge in [-0.3, -0.25) is 4.98 Å². The zero-order valence-corrected chi connectivity index (χ0v) is 8.12. The number of alkyl halides is 3. The molecule has 84 valence electrons. The maximum absolute atomic E-state index is 12.4. The number of benzene rings is 1. The molecule has 1 aromatic carbocycles. The van der Waals surface area contributed by atoms with Gasteiger partial charge in [0.15, 0.2) is 0 Å². The Morgan fingerprint density at radius 1 is 1.19 bits per heavy atom. The van der Waals surface area contributed by atoms with Gasteiger partial charge in [0.1, 0.15) is 0 Å². The minimum absolute atomic E-state index is 0.218. The van der Waals surface area contributed by atoms with E-state index in [9.17, 15) is 13.2 Å². The molecule has 0 aliphatic rings. The predicted octanol–water partition coefficient (Wildman–Crippen LogP) is 2.75. The van der Waals surface area contributed by atoms with Crippen LogP contribution in [0.3, 0.4) is 0 Å². The fourth-order valence-electron chi connectivity index (χ4n) is 1.52. The van der Waals surface area contributed by atoms with E-state index in [1.807, 2.05) is 0 Å². The van der Waals surface area contributed by atoms with Crippen molar-refractivity contribution in [2.75, 3.05) is 0 Å². The Hall–Kier alpha value is -1.62. The number of halogens is 3. The summed E-state index contributed by atoms with van der Waals surface area (Å²) in [5.74, 6) is 0. The maximum atomic E-state index is 12.4. The number of pyridine rings is 1. The molecule has 2 rings (SSSR count). The summed E-state index contributed by atoms with van der Waals surface area (Å²) in [6, 6.07) is 4.88. The van der Waals surface area contributed by atoms with Gasteiger partial charge in [0.25, 0.3) is 0 Å². The van der Waals surface area contributed by atoms with Crippen LogP contribution in [0.5, 0.6) is 0 Å². The Morgan fingerprint density at radius 2 is 1.94 bits per heavy atom. The average molecular weight is 227 g/mol. The summed E-state index contributed by atoms with van der Waals surface area (Å²) in [5, 5.41) is 9.55. The summed E-state index contributed by atoms with van der Waals surface area (Å²) in [6.07, 6.45) is -2.99. The highest BCUT2D eigenvalue weighted by Crippen LogP contribution is 2.31. The third-order valence-electron chi connectivity index (χ3n) is 2.33. The summed E-state index contributed by atoms with van der Waals surface area (Å²) in [7, 11) is 0. The number of aromatic nitrogens is 1. The van der Waals surface area contributed by atoms with E-state index < -0.39 is 11.7 Å². The summed E-state index contributed by atoms with van der Waals surface area (Å²) >= 11 is 0. The Bertz CT molecular complexity index is 522. The van der Waals surface area contributed by atoms with E-state index in [0.29, 0.717) is 10.9 Å². The van der Waals surface area contributed by atoms with Crippen LogP contribution in [-0.2, 0) is 12.8 Å². The van der Waals surface area contributed by atoms with Crippen LogP contribution in [0.2, 0.25) is 0 Å². The molecule has 0 unspecified atom stereocenters. The SMILES string of the molecule is OCc1ccnc2cc(C(F)(F)F)ccc12. The van der Waals surface area contributed by atoms with Gasteiger partial charge in [-0.1, -0.05) is 6.07 Å². The first-order valence-electron chi connectivity index (χ1n) is 4.58.